The molecule has 1 aliphatic heterocycles. The van der Waals surface area contributed by atoms with Crippen LogP contribution in [0.1, 0.15) is 13.8 Å². The molecule has 1 aliphatic rings. The molecule has 0 aliphatic carbocycles. The van der Waals surface area contributed by atoms with Gasteiger partial charge >= 0.3 is 0 Å². The number of hydrogen-bond donors (Lipinski definition) is 1. The molecule has 0 aromatic heterocycles. The van der Waals surface area contributed by atoms with Crippen molar-refractivity contribution >= 4 is 6.34 Å². The fourth-order valence-electron chi connectivity index (χ4n) is 0.628. The van der Waals surface area contributed by atoms with Crippen LogP contribution in [0.15, 0.2) is 16.8 Å². The third-order valence-electron chi connectivity index (χ3n) is 0.986. The predicted octanol–water partition coefficient (Wildman–Crippen LogP) is 1.07. The standard InChI is InChI=1S/C6H9N2.Lr/c1-5-3-6(2)8-4-7-5;/h3-4H,1-2H3,(H,7,8);/q-1;. The second-order valence-corrected chi connectivity index (χ2v) is 1.87. The molecular formula is C6H9LrN2-. The molecule has 0 atom stereocenters. The third kappa shape index (κ3) is 1.55. The molecule has 0 amide bonds. The van der Waals surface area contributed by atoms with Crippen molar-refractivity contribution in [1.82, 2.24) is 5.32 Å². The quantitative estimate of drug-likeness (QED) is 0.634. The van der Waals surface area contributed by atoms with Crippen LogP contribution in [0.4, 0.5) is 0 Å². The molecule has 1 rings (SSSR count). The zero-order chi connectivity index (χ0) is 5.98. The topological polar surface area (TPSA) is 24.4 Å². The molecule has 0 aromatic carbocycles. The first kappa shape index (κ1) is 7.08. The Labute approximate surface area is 49.3 Å². The molecule has 9 heavy (non-hydrogen) atoms. The van der Waals surface area contributed by atoms with E-state index in [2.05, 4.69) is 10.3 Å². The van der Waals surface area contributed by atoms with Gasteiger partial charge < -0.3 is 10.3 Å². The van der Waals surface area contributed by atoms with Gasteiger partial charge in [0.2, 0.25) is 0 Å². The molecule has 1 heterocycles. The van der Waals surface area contributed by atoms with Crippen molar-refractivity contribution in [1.29, 1.82) is 0 Å². The Morgan fingerprint density at radius 2 is 2.33 bits per heavy atom. The Bertz CT molecular complexity index is 140. The van der Waals surface area contributed by atoms with Crippen molar-refractivity contribution in [3.8, 4) is 0 Å². The first-order chi connectivity index (χ1) is 3.79. The summed E-state index contributed by atoms with van der Waals surface area (Å²) in [6.45, 7) is 3.98. The number of rotatable bonds is 0. The normalized spacial score (nSPS) is 15.8. The summed E-state index contributed by atoms with van der Waals surface area (Å²) in [7, 11) is 0. The van der Waals surface area contributed by atoms with E-state index in [9.17, 15) is 0 Å². The molecule has 0 spiro atoms. The van der Waals surface area contributed by atoms with Gasteiger partial charge in [0, 0.05) is 0 Å². The number of hydrogen-bond acceptors (Lipinski definition) is 2. The number of nitrogens with zero attached hydrogens (tertiary/aromatic N) is 1. The molecule has 1 N–H and O–H groups in total. The van der Waals surface area contributed by atoms with E-state index >= 15 is 0 Å². The molecular weight excluding hydrogens is 362 g/mol. The molecule has 0 saturated carbocycles. The predicted molar refractivity (Wildman–Crippen MR) is 34.3 cm³/mol. The number of aliphatic imine (C=N–C) groups is 1. The largest absolute Gasteiger partial charge is 0.455 e. The molecule has 0 unspecified atom stereocenters. The van der Waals surface area contributed by atoms with Gasteiger partial charge in [-0.15, -0.1) is 6.08 Å². The average molecular weight is 371 g/mol. The summed E-state index contributed by atoms with van der Waals surface area (Å²) in [6, 6.07) is 1.06. The molecule has 59 valence electrons. The summed E-state index contributed by atoms with van der Waals surface area (Å²) in [4.78, 5) is 3.98. The van der Waals surface area contributed by atoms with E-state index in [1.807, 2.05) is 19.9 Å². The van der Waals surface area contributed by atoms with Crippen LogP contribution in [0.3, 0.4) is 0 Å². The van der Waals surface area contributed by atoms with Crippen molar-refractivity contribution in [3.05, 3.63) is 17.8 Å². The van der Waals surface area contributed by atoms with E-state index in [0.29, 0.717) is 0 Å². The average Bonchev–Trinajstić information content (AvgIpc) is 1.64. The van der Waals surface area contributed by atoms with Crippen molar-refractivity contribution in [2.75, 3.05) is 0 Å². The summed E-state index contributed by atoms with van der Waals surface area (Å²) in [5.41, 5.74) is 1.15. The van der Waals surface area contributed by atoms with Gasteiger partial charge in [0.15, 0.2) is 0 Å². The summed E-state index contributed by atoms with van der Waals surface area (Å²) in [5, 5.41) is 2.96. The van der Waals surface area contributed by atoms with Gasteiger partial charge in [0.25, 0.3) is 0 Å². The molecule has 2 nitrogen and oxygen atoms in total. The number of nitrogens with one attached hydrogen (secondary N) is 1. The molecule has 0 saturated heterocycles. The van der Waals surface area contributed by atoms with Crippen molar-refractivity contribution in [2.24, 2.45) is 4.99 Å². The van der Waals surface area contributed by atoms with Gasteiger partial charge in [-0.25, -0.2) is 0 Å². The van der Waals surface area contributed by atoms with Gasteiger partial charge in [-0.05, 0) is 6.34 Å². The number of allylic oxidation sites excluding steroid dienone is 1. The van der Waals surface area contributed by atoms with Crippen LogP contribution in [-0.2, 0) is 0 Å². The summed E-state index contributed by atoms with van der Waals surface area (Å²) >= 11 is 0. The van der Waals surface area contributed by atoms with Crippen LogP contribution in [0, 0.1) is 6.04 Å². The second-order valence-electron chi connectivity index (χ2n) is 1.87. The van der Waals surface area contributed by atoms with Gasteiger partial charge in [-0.3, -0.25) is 0 Å². The fraction of sp³-hybridized carbons (Fsp3) is 0.333. The second kappa shape index (κ2) is 2.40. The Kier molecular flexibility index (Phi) is 1.89. The summed E-state index contributed by atoms with van der Waals surface area (Å²) < 4.78 is 0. The summed E-state index contributed by atoms with van der Waals surface area (Å²) in [5.74, 6) is 0. The fourth-order valence-corrected chi connectivity index (χ4v) is 0.628. The first-order valence-corrected chi connectivity index (χ1v) is 2.60. The SMILES string of the molecule is CC1=C[C-](C)N=CN1.[Lr]. The van der Waals surface area contributed by atoms with Crippen LogP contribution in [0.2, 0.25) is 0 Å². The van der Waals surface area contributed by atoms with Crippen LogP contribution in [-0.4, -0.2) is 6.34 Å². The summed E-state index contributed by atoms with van der Waals surface area (Å²) in [6.07, 6.45) is 3.70. The van der Waals surface area contributed by atoms with E-state index in [0.717, 1.165) is 11.7 Å². The molecule has 3 heteroatoms. The van der Waals surface area contributed by atoms with Crippen molar-refractivity contribution < 1.29 is 0 Å². The minimum absolute atomic E-state index is 0. The third-order valence-corrected chi connectivity index (χ3v) is 0.986. The minimum Gasteiger partial charge on any atom is -0.455 e. The minimum atomic E-state index is 0. The maximum atomic E-state index is 3.98. The first-order valence-electron chi connectivity index (χ1n) is 2.60. The molecule has 0 bridgehead atoms. The maximum Gasteiger partial charge on any atom is 0 e. The Balaban J connectivity index is 0.000000640. The van der Waals surface area contributed by atoms with Gasteiger partial charge in [-0.1, -0.05) is 25.6 Å². The van der Waals surface area contributed by atoms with Crippen LogP contribution in [0.25, 0.3) is 0 Å². The van der Waals surface area contributed by atoms with E-state index in [-0.39, 0.29) is 0 Å². The molecule has 0 fully saturated rings. The Morgan fingerprint density at radius 1 is 1.67 bits per heavy atom. The van der Waals surface area contributed by atoms with Gasteiger partial charge in [0.1, 0.15) is 0 Å². The van der Waals surface area contributed by atoms with E-state index in [4.69, 9.17) is 0 Å². The Morgan fingerprint density at radius 3 is 2.67 bits per heavy atom. The van der Waals surface area contributed by atoms with Crippen LogP contribution in [0.5, 0.6) is 0 Å². The van der Waals surface area contributed by atoms with Crippen LogP contribution >= 0.6 is 0 Å². The van der Waals surface area contributed by atoms with E-state index < -0.39 is 0 Å². The maximum absolute atomic E-state index is 3.98. The monoisotopic (exact) mass is 371 g/mol. The van der Waals surface area contributed by atoms with Crippen molar-refractivity contribution in [3.63, 3.8) is 0 Å². The Hall–Kier alpha value is -1.92. The molecule has 0 aromatic rings. The van der Waals surface area contributed by atoms with Gasteiger partial charge in [-0.2, -0.15) is 0 Å². The van der Waals surface area contributed by atoms with E-state index in [1.165, 1.54) is 0 Å². The smallest absolute Gasteiger partial charge is 0 e. The van der Waals surface area contributed by atoms with Gasteiger partial charge in [0.05, 0.1) is 0 Å². The zero-order valence-electron chi connectivity index (χ0n) is 5.36. The van der Waals surface area contributed by atoms with Crippen LogP contribution < -0.4 is 5.32 Å². The van der Waals surface area contributed by atoms with E-state index in [1.54, 1.807) is 6.34 Å². The van der Waals surface area contributed by atoms with Crippen molar-refractivity contribution in [2.45, 2.75) is 13.8 Å². The molecule has 1 radical (unpaired) electrons. The zero-order valence-corrected chi connectivity index (χ0v) is 7.51.